The Morgan fingerprint density at radius 3 is 2.81 bits per heavy atom. The summed E-state index contributed by atoms with van der Waals surface area (Å²) in [6.45, 7) is 6.58. The molecule has 1 aromatic heterocycles. The molecule has 1 heterocycles. The Bertz CT molecular complexity index is 728. The molecule has 6 heteroatoms. The van der Waals surface area contributed by atoms with Crippen molar-refractivity contribution in [2.45, 2.75) is 45.6 Å². The molecule has 4 N–H and O–H groups in total. The highest BCUT2D eigenvalue weighted by atomic mass is 127. The van der Waals surface area contributed by atoms with Gasteiger partial charge in [-0.1, -0.05) is 24.6 Å². The molecule has 144 valence electrons. The first-order valence-corrected chi connectivity index (χ1v) is 9.45. The van der Waals surface area contributed by atoms with E-state index in [9.17, 15) is 5.11 Å². The summed E-state index contributed by atoms with van der Waals surface area (Å²) in [5.41, 5.74) is 3.80. The summed E-state index contributed by atoms with van der Waals surface area (Å²) in [5, 5.41) is 18.0. The van der Waals surface area contributed by atoms with Crippen molar-refractivity contribution >= 4 is 40.8 Å². The summed E-state index contributed by atoms with van der Waals surface area (Å²) >= 11 is 0. The highest BCUT2D eigenvalue weighted by Crippen LogP contribution is 2.25. The van der Waals surface area contributed by atoms with Gasteiger partial charge in [0.2, 0.25) is 0 Å². The monoisotopic (exact) mass is 470 g/mol. The van der Waals surface area contributed by atoms with E-state index < -0.39 is 0 Å². The van der Waals surface area contributed by atoms with Crippen molar-refractivity contribution in [3.8, 4) is 0 Å². The third-order valence-electron chi connectivity index (χ3n) is 5.14. The van der Waals surface area contributed by atoms with Crippen LogP contribution in [0.1, 0.15) is 37.4 Å². The predicted molar refractivity (Wildman–Crippen MR) is 119 cm³/mol. The van der Waals surface area contributed by atoms with E-state index in [4.69, 9.17) is 0 Å². The second-order valence-corrected chi connectivity index (χ2v) is 6.93. The zero-order chi connectivity index (χ0) is 17.6. The first-order chi connectivity index (χ1) is 12.2. The number of hydrogen-bond acceptors (Lipinski definition) is 2. The third-order valence-corrected chi connectivity index (χ3v) is 5.14. The van der Waals surface area contributed by atoms with E-state index in [2.05, 4.69) is 58.7 Å². The Morgan fingerprint density at radius 2 is 2.08 bits per heavy atom. The lowest BCUT2D eigenvalue weighted by atomic mass is 10.1. The molecule has 1 aliphatic rings. The number of guanidine groups is 1. The number of hydrogen-bond donors (Lipinski definition) is 4. The molecule has 2 unspecified atom stereocenters. The number of nitrogens with one attached hydrogen (secondary N) is 3. The van der Waals surface area contributed by atoms with Crippen LogP contribution in [0, 0.1) is 12.8 Å². The van der Waals surface area contributed by atoms with Crippen LogP contribution in [0.15, 0.2) is 29.3 Å². The number of aliphatic hydroxyl groups is 1. The fraction of sp³-hybridized carbons (Fsp3) is 0.550. The second-order valence-electron chi connectivity index (χ2n) is 6.93. The van der Waals surface area contributed by atoms with Gasteiger partial charge in [-0.25, -0.2) is 0 Å². The topological polar surface area (TPSA) is 72.4 Å². The van der Waals surface area contributed by atoms with Gasteiger partial charge < -0.3 is 20.7 Å². The van der Waals surface area contributed by atoms with Crippen LogP contribution < -0.4 is 10.6 Å². The minimum absolute atomic E-state index is 0. The first-order valence-electron chi connectivity index (χ1n) is 9.45. The lowest BCUT2D eigenvalue weighted by molar-refractivity contribution is 0.136. The summed E-state index contributed by atoms with van der Waals surface area (Å²) in [4.78, 5) is 8.13. The van der Waals surface area contributed by atoms with Gasteiger partial charge in [0, 0.05) is 42.1 Å². The van der Waals surface area contributed by atoms with E-state index >= 15 is 0 Å². The normalized spacial score (nSPS) is 20.2. The minimum atomic E-state index is -0.180. The van der Waals surface area contributed by atoms with Gasteiger partial charge in [0.05, 0.1) is 6.10 Å². The SMILES string of the molecule is CCNC(=NCC1CCCC1O)NCCc1c(C)[nH]c2ccccc12.I. The summed E-state index contributed by atoms with van der Waals surface area (Å²) in [6.07, 6.45) is 3.89. The van der Waals surface area contributed by atoms with Crippen LogP contribution in [-0.4, -0.2) is 41.8 Å². The molecule has 0 spiro atoms. The molecule has 0 aliphatic heterocycles. The van der Waals surface area contributed by atoms with Crippen LogP contribution in [0.4, 0.5) is 0 Å². The fourth-order valence-corrected chi connectivity index (χ4v) is 3.74. The van der Waals surface area contributed by atoms with Gasteiger partial charge in [-0.2, -0.15) is 0 Å². The number of aliphatic imine (C=N–C) groups is 1. The zero-order valence-corrected chi connectivity index (χ0v) is 18.0. The van der Waals surface area contributed by atoms with Crippen molar-refractivity contribution in [1.29, 1.82) is 0 Å². The number of halogens is 1. The number of H-pyrrole nitrogens is 1. The van der Waals surface area contributed by atoms with E-state index in [-0.39, 0.29) is 30.1 Å². The number of aromatic nitrogens is 1. The Hall–Kier alpha value is -1.28. The van der Waals surface area contributed by atoms with Crippen molar-refractivity contribution in [3.63, 3.8) is 0 Å². The molecule has 2 aromatic rings. The molecule has 26 heavy (non-hydrogen) atoms. The van der Waals surface area contributed by atoms with Gasteiger partial charge in [0.25, 0.3) is 0 Å². The second kappa shape index (κ2) is 10.2. The lowest BCUT2D eigenvalue weighted by Gasteiger charge is -2.15. The Kier molecular flexibility index (Phi) is 8.21. The van der Waals surface area contributed by atoms with E-state index in [1.165, 1.54) is 22.2 Å². The number of rotatable bonds is 6. The number of nitrogens with zero attached hydrogens (tertiary/aromatic N) is 1. The summed E-state index contributed by atoms with van der Waals surface area (Å²) in [5.74, 6) is 1.16. The molecule has 1 aromatic carbocycles. The van der Waals surface area contributed by atoms with Crippen LogP contribution in [0.2, 0.25) is 0 Å². The smallest absolute Gasteiger partial charge is 0.191 e. The van der Waals surface area contributed by atoms with E-state index in [1.807, 2.05) is 0 Å². The summed E-state index contributed by atoms with van der Waals surface area (Å²) in [6, 6.07) is 8.45. The predicted octanol–water partition coefficient (Wildman–Crippen LogP) is 3.35. The van der Waals surface area contributed by atoms with Crippen molar-refractivity contribution < 1.29 is 5.11 Å². The van der Waals surface area contributed by atoms with Crippen LogP contribution in [0.5, 0.6) is 0 Å². The quantitative estimate of drug-likeness (QED) is 0.297. The largest absolute Gasteiger partial charge is 0.393 e. The molecule has 0 bridgehead atoms. The zero-order valence-electron chi connectivity index (χ0n) is 15.7. The van der Waals surface area contributed by atoms with E-state index in [0.29, 0.717) is 12.5 Å². The van der Waals surface area contributed by atoms with Crippen molar-refractivity contribution in [2.75, 3.05) is 19.6 Å². The molecule has 3 rings (SSSR count). The molecule has 1 saturated carbocycles. The standard InChI is InChI=1S/C20H30N4O.HI/c1-3-21-20(23-13-15-7-6-10-19(15)25)22-12-11-16-14(2)24-18-9-5-4-8-17(16)18;/h4-5,8-9,15,19,24-25H,3,6-7,10-13H2,1-2H3,(H2,21,22,23);1H. The van der Waals surface area contributed by atoms with Crippen LogP contribution in [0.25, 0.3) is 10.9 Å². The lowest BCUT2D eigenvalue weighted by Crippen LogP contribution is -2.39. The molecule has 1 fully saturated rings. The maximum atomic E-state index is 9.95. The van der Waals surface area contributed by atoms with Crippen LogP contribution >= 0.6 is 24.0 Å². The Balaban J connectivity index is 0.00000243. The summed E-state index contributed by atoms with van der Waals surface area (Å²) < 4.78 is 0. The Labute approximate surface area is 173 Å². The van der Waals surface area contributed by atoms with Gasteiger partial charge in [-0.3, -0.25) is 4.99 Å². The van der Waals surface area contributed by atoms with Crippen molar-refractivity contribution in [2.24, 2.45) is 10.9 Å². The molecule has 1 aliphatic carbocycles. The number of para-hydroxylation sites is 1. The fourth-order valence-electron chi connectivity index (χ4n) is 3.74. The molecule has 0 radical (unpaired) electrons. The highest BCUT2D eigenvalue weighted by Gasteiger charge is 2.24. The number of benzene rings is 1. The van der Waals surface area contributed by atoms with Crippen molar-refractivity contribution in [3.05, 3.63) is 35.5 Å². The van der Waals surface area contributed by atoms with E-state index in [0.717, 1.165) is 44.7 Å². The highest BCUT2D eigenvalue weighted by molar-refractivity contribution is 14.0. The van der Waals surface area contributed by atoms with Crippen LogP contribution in [-0.2, 0) is 6.42 Å². The number of aryl methyl sites for hydroxylation is 1. The first kappa shape index (κ1) is 21.0. The van der Waals surface area contributed by atoms with Gasteiger partial charge in [0.1, 0.15) is 0 Å². The van der Waals surface area contributed by atoms with Gasteiger partial charge in [-0.05, 0) is 44.7 Å². The minimum Gasteiger partial charge on any atom is -0.393 e. The van der Waals surface area contributed by atoms with Crippen molar-refractivity contribution in [1.82, 2.24) is 15.6 Å². The molecule has 2 atom stereocenters. The van der Waals surface area contributed by atoms with Crippen LogP contribution in [0.3, 0.4) is 0 Å². The molecule has 5 nitrogen and oxygen atoms in total. The molecular weight excluding hydrogens is 439 g/mol. The van der Waals surface area contributed by atoms with E-state index in [1.54, 1.807) is 0 Å². The Morgan fingerprint density at radius 1 is 1.27 bits per heavy atom. The van der Waals surface area contributed by atoms with Gasteiger partial charge in [0.15, 0.2) is 5.96 Å². The van der Waals surface area contributed by atoms with Gasteiger partial charge >= 0.3 is 0 Å². The average Bonchev–Trinajstić information content (AvgIpc) is 3.15. The third kappa shape index (κ3) is 5.13. The summed E-state index contributed by atoms with van der Waals surface area (Å²) in [7, 11) is 0. The number of aromatic amines is 1. The molecular formula is C20H31IN4O. The maximum absolute atomic E-state index is 9.95. The average molecular weight is 470 g/mol. The molecule has 0 saturated heterocycles. The molecule has 0 amide bonds. The van der Waals surface area contributed by atoms with Gasteiger partial charge in [-0.15, -0.1) is 24.0 Å². The number of aliphatic hydroxyl groups excluding tert-OH is 1. The maximum Gasteiger partial charge on any atom is 0.191 e. The number of fused-ring (bicyclic) bond motifs is 1.